The summed E-state index contributed by atoms with van der Waals surface area (Å²) in [5.74, 6) is -0.994. The molecule has 1 fully saturated rings. The number of rotatable bonds is 4. The van der Waals surface area contributed by atoms with Crippen LogP contribution in [0.25, 0.3) is 0 Å². The first-order valence-corrected chi connectivity index (χ1v) is 6.50. The molecule has 1 atom stereocenters. The lowest BCUT2D eigenvalue weighted by atomic mass is 9.92. The number of halogens is 3. The molecule has 1 aromatic rings. The minimum atomic E-state index is -4.45. The van der Waals surface area contributed by atoms with Gasteiger partial charge in [-0.05, 0) is 42.5 Å². The van der Waals surface area contributed by atoms with Gasteiger partial charge in [-0.2, -0.15) is 13.2 Å². The number of aliphatic carboxylic acids is 1. The highest BCUT2D eigenvalue weighted by Crippen LogP contribution is 2.35. The molecular formula is C14H16F3NO2. The molecule has 0 aromatic heterocycles. The Bertz CT molecular complexity index is 494. The summed E-state index contributed by atoms with van der Waals surface area (Å²) in [5.41, 5.74) is 0.0131. The van der Waals surface area contributed by atoms with Gasteiger partial charge >= 0.3 is 12.1 Å². The van der Waals surface area contributed by atoms with E-state index in [0.717, 1.165) is 13.0 Å². The number of carbonyl (C=O) groups is 1. The zero-order valence-corrected chi connectivity index (χ0v) is 10.8. The molecule has 0 spiro atoms. The smallest absolute Gasteiger partial charge is 0.416 e. The molecular weight excluding hydrogens is 271 g/mol. The highest BCUT2D eigenvalue weighted by Gasteiger charge is 2.34. The molecule has 20 heavy (non-hydrogen) atoms. The number of hydrogen-bond acceptors (Lipinski definition) is 2. The number of carboxylic acids is 1. The Morgan fingerprint density at radius 1 is 1.40 bits per heavy atom. The molecule has 6 heteroatoms. The van der Waals surface area contributed by atoms with E-state index in [2.05, 4.69) is 5.32 Å². The first-order chi connectivity index (χ1) is 9.38. The second kappa shape index (κ2) is 5.83. The standard InChI is InChI=1S/C14H16F3NO2/c15-14(16,17)12-7-10(11-5-6-18-8-11)2-1-9(12)3-4-13(19)20/h1-2,7,11,18H,3-6,8H2,(H,19,20)/t11-/m1/s1. The van der Waals surface area contributed by atoms with E-state index in [9.17, 15) is 18.0 Å². The van der Waals surface area contributed by atoms with E-state index in [1.165, 1.54) is 12.1 Å². The number of nitrogens with one attached hydrogen (secondary N) is 1. The minimum absolute atomic E-state index is 0.0506. The molecule has 1 aliphatic heterocycles. The second-order valence-electron chi connectivity index (χ2n) is 5.00. The summed E-state index contributed by atoms with van der Waals surface area (Å²) < 4.78 is 39.2. The Balaban J connectivity index is 2.29. The van der Waals surface area contributed by atoms with Gasteiger partial charge in [0.2, 0.25) is 0 Å². The Labute approximate surface area is 114 Å². The van der Waals surface area contributed by atoms with Crippen LogP contribution in [-0.2, 0) is 17.4 Å². The van der Waals surface area contributed by atoms with Gasteiger partial charge < -0.3 is 10.4 Å². The Morgan fingerprint density at radius 2 is 2.15 bits per heavy atom. The number of alkyl halides is 3. The summed E-state index contributed by atoms with van der Waals surface area (Å²) in [6.45, 7) is 1.50. The van der Waals surface area contributed by atoms with Crippen molar-refractivity contribution in [1.29, 1.82) is 0 Å². The first-order valence-electron chi connectivity index (χ1n) is 6.50. The Hall–Kier alpha value is -1.56. The molecule has 1 aromatic carbocycles. The van der Waals surface area contributed by atoms with Crippen LogP contribution in [0, 0.1) is 0 Å². The van der Waals surface area contributed by atoms with E-state index in [-0.39, 0.29) is 24.3 Å². The highest BCUT2D eigenvalue weighted by atomic mass is 19.4. The van der Waals surface area contributed by atoms with Crippen molar-refractivity contribution in [2.75, 3.05) is 13.1 Å². The molecule has 1 saturated heterocycles. The predicted molar refractivity (Wildman–Crippen MR) is 67.6 cm³/mol. The quantitative estimate of drug-likeness (QED) is 0.895. The zero-order chi connectivity index (χ0) is 14.8. The largest absolute Gasteiger partial charge is 0.481 e. The van der Waals surface area contributed by atoms with Crippen molar-refractivity contribution in [3.05, 3.63) is 34.9 Å². The summed E-state index contributed by atoms with van der Waals surface area (Å²) in [6, 6.07) is 4.28. The van der Waals surface area contributed by atoms with Crippen LogP contribution < -0.4 is 5.32 Å². The lowest BCUT2D eigenvalue weighted by molar-refractivity contribution is -0.140. The van der Waals surface area contributed by atoms with E-state index in [1.54, 1.807) is 6.07 Å². The van der Waals surface area contributed by atoms with Crippen LogP contribution in [0.2, 0.25) is 0 Å². The van der Waals surface area contributed by atoms with Gasteiger partial charge in [0.15, 0.2) is 0 Å². The van der Waals surface area contributed by atoms with E-state index in [1.807, 2.05) is 0 Å². The fourth-order valence-electron chi connectivity index (χ4n) is 2.51. The van der Waals surface area contributed by atoms with E-state index < -0.39 is 17.7 Å². The van der Waals surface area contributed by atoms with E-state index in [0.29, 0.717) is 12.1 Å². The summed E-state index contributed by atoms with van der Waals surface area (Å²) in [5, 5.41) is 11.7. The number of carboxylic acid groups (broad SMARTS) is 1. The molecule has 0 amide bonds. The maximum atomic E-state index is 13.1. The second-order valence-corrected chi connectivity index (χ2v) is 5.00. The van der Waals surface area contributed by atoms with Crippen LogP contribution in [0.5, 0.6) is 0 Å². The van der Waals surface area contributed by atoms with Crippen LogP contribution in [0.1, 0.15) is 35.4 Å². The fraction of sp³-hybridized carbons (Fsp3) is 0.500. The van der Waals surface area contributed by atoms with Gasteiger partial charge in [0.25, 0.3) is 0 Å². The normalized spacial score (nSPS) is 19.2. The van der Waals surface area contributed by atoms with Crippen molar-refractivity contribution in [3.8, 4) is 0 Å². The molecule has 0 saturated carbocycles. The predicted octanol–water partition coefficient (Wildman–Crippen LogP) is 2.80. The average molecular weight is 287 g/mol. The lowest BCUT2D eigenvalue weighted by Crippen LogP contribution is -2.13. The van der Waals surface area contributed by atoms with Crippen LogP contribution >= 0.6 is 0 Å². The first kappa shape index (κ1) is 14.8. The van der Waals surface area contributed by atoms with E-state index >= 15 is 0 Å². The van der Waals surface area contributed by atoms with Gasteiger partial charge in [-0.3, -0.25) is 4.79 Å². The van der Waals surface area contributed by atoms with E-state index in [4.69, 9.17) is 5.11 Å². The molecule has 110 valence electrons. The van der Waals surface area contributed by atoms with Crippen molar-refractivity contribution >= 4 is 5.97 Å². The van der Waals surface area contributed by atoms with Gasteiger partial charge in [-0.1, -0.05) is 12.1 Å². The molecule has 0 aliphatic carbocycles. The SMILES string of the molecule is O=C(O)CCc1ccc([C@@H]2CCNC2)cc1C(F)(F)F. The van der Waals surface area contributed by atoms with Gasteiger partial charge in [-0.15, -0.1) is 0 Å². The zero-order valence-electron chi connectivity index (χ0n) is 10.8. The number of aryl methyl sites for hydroxylation is 1. The molecule has 0 radical (unpaired) electrons. The molecule has 0 unspecified atom stereocenters. The molecule has 2 N–H and O–H groups in total. The summed E-state index contributed by atoms with van der Waals surface area (Å²) in [7, 11) is 0. The monoisotopic (exact) mass is 287 g/mol. The fourth-order valence-corrected chi connectivity index (χ4v) is 2.51. The topological polar surface area (TPSA) is 49.3 Å². The Morgan fingerprint density at radius 3 is 2.70 bits per heavy atom. The summed E-state index contributed by atoms with van der Waals surface area (Å²) >= 11 is 0. The van der Waals surface area contributed by atoms with Crippen molar-refractivity contribution in [3.63, 3.8) is 0 Å². The van der Waals surface area contributed by atoms with Crippen LogP contribution in [0.15, 0.2) is 18.2 Å². The van der Waals surface area contributed by atoms with Gasteiger partial charge in [0.1, 0.15) is 0 Å². The maximum absolute atomic E-state index is 13.1. The highest BCUT2D eigenvalue weighted by molar-refractivity contribution is 5.67. The summed E-state index contributed by atoms with van der Waals surface area (Å²) in [6.07, 6.45) is -4.03. The number of benzene rings is 1. The average Bonchev–Trinajstić information content (AvgIpc) is 2.88. The molecule has 3 nitrogen and oxygen atoms in total. The third kappa shape index (κ3) is 3.50. The van der Waals surface area contributed by atoms with Crippen molar-refractivity contribution in [2.24, 2.45) is 0 Å². The lowest BCUT2D eigenvalue weighted by Gasteiger charge is -2.16. The maximum Gasteiger partial charge on any atom is 0.416 e. The summed E-state index contributed by atoms with van der Waals surface area (Å²) in [4.78, 5) is 10.5. The van der Waals surface area contributed by atoms with Crippen molar-refractivity contribution in [1.82, 2.24) is 5.32 Å². The van der Waals surface area contributed by atoms with Crippen LogP contribution in [0.4, 0.5) is 13.2 Å². The third-order valence-corrected chi connectivity index (χ3v) is 3.58. The molecule has 0 bridgehead atoms. The van der Waals surface area contributed by atoms with Crippen LogP contribution in [-0.4, -0.2) is 24.2 Å². The van der Waals surface area contributed by atoms with Gasteiger partial charge in [0.05, 0.1) is 5.56 Å². The molecule has 2 rings (SSSR count). The van der Waals surface area contributed by atoms with Gasteiger partial charge in [-0.25, -0.2) is 0 Å². The molecule has 1 heterocycles. The number of hydrogen-bond donors (Lipinski definition) is 2. The van der Waals surface area contributed by atoms with Gasteiger partial charge in [0, 0.05) is 13.0 Å². The van der Waals surface area contributed by atoms with Crippen LogP contribution in [0.3, 0.4) is 0 Å². The molecule has 1 aliphatic rings. The minimum Gasteiger partial charge on any atom is -0.481 e. The third-order valence-electron chi connectivity index (χ3n) is 3.58. The van der Waals surface area contributed by atoms with Crippen molar-refractivity contribution < 1.29 is 23.1 Å². The van der Waals surface area contributed by atoms with Crippen molar-refractivity contribution in [2.45, 2.75) is 31.4 Å². The Kier molecular flexibility index (Phi) is 4.32.